The predicted octanol–water partition coefficient (Wildman–Crippen LogP) is 6.13. The van der Waals surface area contributed by atoms with Gasteiger partial charge in [0.05, 0.1) is 6.61 Å². The van der Waals surface area contributed by atoms with Gasteiger partial charge in [-0.3, -0.25) is 9.59 Å². The molecule has 28 heavy (non-hydrogen) atoms. The van der Waals surface area contributed by atoms with E-state index in [-0.39, 0.29) is 5.75 Å². The molecule has 4 nitrogen and oxygen atoms in total. The molecule has 1 aromatic rings. The summed E-state index contributed by atoms with van der Waals surface area (Å²) < 4.78 is 5.20. The van der Waals surface area contributed by atoms with Gasteiger partial charge in [0, 0.05) is 6.54 Å². The minimum absolute atomic E-state index is 0.218. The molecule has 0 saturated heterocycles. The summed E-state index contributed by atoms with van der Waals surface area (Å²) in [4.78, 5) is 22.9. The molecule has 1 rings (SSSR count). The molecule has 0 unspecified atom stereocenters. The van der Waals surface area contributed by atoms with Gasteiger partial charge in [-0.1, -0.05) is 76.9 Å². The summed E-state index contributed by atoms with van der Waals surface area (Å²) in [6.07, 6.45) is 22.7. The van der Waals surface area contributed by atoms with Gasteiger partial charge in [0.1, 0.15) is 5.69 Å². The van der Waals surface area contributed by atoms with Crippen LogP contribution in [0.3, 0.4) is 0 Å². The molecule has 0 bridgehead atoms. The molecule has 160 valence electrons. The first-order valence-corrected chi connectivity index (χ1v) is 11.6. The van der Waals surface area contributed by atoms with Crippen LogP contribution in [0.5, 0.6) is 5.75 Å². The number of ether oxygens (including phenoxy) is 1. The van der Waals surface area contributed by atoms with E-state index in [0.717, 1.165) is 19.4 Å². The van der Waals surface area contributed by atoms with Gasteiger partial charge in [0.15, 0.2) is 5.75 Å². The number of anilines is 1. The second kappa shape index (κ2) is 16.4. The molecular weight excluding hydrogens is 350 g/mol. The third-order valence-electron chi connectivity index (χ3n) is 5.15. The zero-order valence-electron chi connectivity index (χ0n) is 18.2. The van der Waals surface area contributed by atoms with Crippen molar-refractivity contribution >= 4 is 5.69 Å². The summed E-state index contributed by atoms with van der Waals surface area (Å²) in [5.74, 6) is 0.218. The summed E-state index contributed by atoms with van der Waals surface area (Å²) >= 11 is 0. The van der Waals surface area contributed by atoms with Crippen molar-refractivity contribution in [2.75, 3.05) is 18.5 Å². The highest BCUT2D eigenvalue weighted by Crippen LogP contribution is 2.17. The number of hydrogen-bond acceptors (Lipinski definition) is 4. The lowest BCUT2D eigenvalue weighted by molar-refractivity contribution is 0.334. The highest BCUT2D eigenvalue weighted by molar-refractivity contribution is 5.61. The third kappa shape index (κ3) is 10.1. The second-order valence-electron chi connectivity index (χ2n) is 7.66. The van der Waals surface area contributed by atoms with Gasteiger partial charge in [-0.15, -0.1) is 0 Å². The van der Waals surface area contributed by atoms with Gasteiger partial charge in [0.2, 0.25) is 0 Å². The van der Waals surface area contributed by atoms with Crippen LogP contribution in [0.2, 0.25) is 0 Å². The van der Waals surface area contributed by atoms with E-state index in [9.17, 15) is 9.59 Å². The van der Waals surface area contributed by atoms with Gasteiger partial charge >= 0.3 is 0 Å². The van der Waals surface area contributed by atoms with Crippen LogP contribution in [-0.4, -0.2) is 13.2 Å². The SMILES string of the molecule is CCCCCCCCC/C=C\CCCCCCCNc1c(OCC)c(=O)c1=O. The number of hydrogen-bond donors (Lipinski definition) is 1. The van der Waals surface area contributed by atoms with Crippen molar-refractivity contribution in [1.29, 1.82) is 0 Å². The maximum atomic E-state index is 11.5. The van der Waals surface area contributed by atoms with Gasteiger partial charge in [-0.05, 0) is 39.0 Å². The molecule has 0 aliphatic rings. The molecule has 0 heterocycles. The summed E-state index contributed by atoms with van der Waals surface area (Å²) in [6.45, 7) is 5.21. The average molecular weight is 392 g/mol. The van der Waals surface area contributed by atoms with E-state index in [4.69, 9.17) is 4.74 Å². The Kier molecular flexibility index (Phi) is 14.3. The van der Waals surface area contributed by atoms with Crippen molar-refractivity contribution in [2.24, 2.45) is 0 Å². The van der Waals surface area contributed by atoms with Crippen LogP contribution in [0.1, 0.15) is 104 Å². The molecule has 1 N–H and O–H groups in total. The summed E-state index contributed by atoms with van der Waals surface area (Å²) in [7, 11) is 0. The van der Waals surface area contributed by atoms with E-state index in [1.807, 2.05) is 6.92 Å². The molecule has 0 aromatic heterocycles. The highest BCUT2D eigenvalue weighted by atomic mass is 16.5. The lowest BCUT2D eigenvalue weighted by Crippen LogP contribution is -2.36. The van der Waals surface area contributed by atoms with Crippen LogP contribution in [-0.2, 0) is 0 Å². The average Bonchev–Trinajstić information content (AvgIpc) is 2.71. The lowest BCUT2D eigenvalue weighted by atomic mass is 10.1. The van der Waals surface area contributed by atoms with Crippen LogP contribution in [0.15, 0.2) is 21.7 Å². The number of unbranched alkanes of at least 4 members (excludes halogenated alkanes) is 12. The normalized spacial score (nSPS) is 11.5. The van der Waals surface area contributed by atoms with Gasteiger partial charge < -0.3 is 10.1 Å². The monoisotopic (exact) mass is 391 g/mol. The fourth-order valence-corrected chi connectivity index (χ4v) is 3.40. The molecule has 0 atom stereocenters. The van der Waals surface area contributed by atoms with Crippen LogP contribution < -0.4 is 20.9 Å². The van der Waals surface area contributed by atoms with Crippen molar-refractivity contribution in [1.82, 2.24) is 0 Å². The van der Waals surface area contributed by atoms with Gasteiger partial charge in [-0.2, -0.15) is 0 Å². The molecule has 0 saturated carbocycles. The van der Waals surface area contributed by atoms with E-state index in [1.54, 1.807) is 0 Å². The topological polar surface area (TPSA) is 55.4 Å². The summed E-state index contributed by atoms with van der Waals surface area (Å²) in [5.41, 5.74) is -0.561. The Morgan fingerprint density at radius 1 is 0.714 bits per heavy atom. The molecular formula is C24H41NO3. The Bertz CT molecular complexity index is 599. The molecule has 0 amide bonds. The maximum Gasteiger partial charge on any atom is 0.272 e. The molecule has 0 aliphatic heterocycles. The number of allylic oxidation sites excluding steroid dienone is 2. The standard InChI is InChI=1S/C24H41NO3/c1-3-5-6-7-8-9-10-11-12-13-14-15-16-17-18-19-20-25-21-22(26)23(27)24(21)28-4-2/h12-13,25H,3-11,14-20H2,1-2H3/b13-12-. The molecule has 0 aliphatic carbocycles. The minimum Gasteiger partial charge on any atom is -0.488 e. The molecule has 4 heteroatoms. The quantitative estimate of drug-likeness (QED) is 0.175. The fraction of sp³-hybridized carbons (Fsp3) is 0.750. The predicted molar refractivity (Wildman–Crippen MR) is 120 cm³/mol. The van der Waals surface area contributed by atoms with E-state index in [0.29, 0.717) is 12.3 Å². The first-order chi connectivity index (χ1) is 13.7. The van der Waals surface area contributed by atoms with E-state index in [2.05, 4.69) is 24.4 Å². The van der Waals surface area contributed by atoms with E-state index < -0.39 is 10.9 Å². The van der Waals surface area contributed by atoms with Crippen LogP contribution in [0.4, 0.5) is 5.69 Å². The van der Waals surface area contributed by atoms with Crippen molar-refractivity contribution in [3.8, 4) is 5.75 Å². The van der Waals surface area contributed by atoms with Crippen LogP contribution in [0.25, 0.3) is 0 Å². The van der Waals surface area contributed by atoms with Crippen molar-refractivity contribution < 1.29 is 4.74 Å². The largest absolute Gasteiger partial charge is 0.488 e. The summed E-state index contributed by atoms with van der Waals surface area (Å²) in [5, 5.41) is 3.06. The Hall–Kier alpha value is -1.58. The lowest BCUT2D eigenvalue weighted by Gasteiger charge is -2.12. The third-order valence-corrected chi connectivity index (χ3v) is 5.15. The van der Waals surface area contributed by atoms with Crippen LogP contribution in [0, 0.1) is 0 Å². The Labute approximate surface area is 171 Å². The minimum atomic E-state index is -0.496. The van der Waals surface area contributed by atoms with Crippen molar-refractivity contribution in [3.63, 3.8) is 0 Å². The van der Waals surface area contributed by atoms with Gasteiger partial charge in [0.25, 0.3) is 10.9 Å². The molecule has 0 radical (unpaired) electrons. The van der Waals surface area contributed by atoms with Crippen molar-refractivity contribution in [3.05, 3.63) is 32.6 Å². The highest BCUT2D eigenvalue weighted by Gasteiger charge is 2.21. The molecule has 0 fully saturated rings. The Balaban J connectivity index is 1.87. The van der Waals surface area contributed by atoms with E-state index >= 15 is 0 Å². The second-order valence-corrected chi connectivity index (χ2v) is 7.66. The van der Waals surface area contributed by atoms with Gasteiger partial charge in [-0.25, -0.2) is 0 Å². The first kappa shape index (κ1) is 24.5. The van der Waals surface area contributed by atoms with E-state index in [1.165, 1.54) is 77.0 Å². The van der Waals surface area contributed by atoms with Crippen LogP contribution >= 0.6 is 0 Å². The number of nitrogens with one attached hydrogen (secondary N) is 1. The number of rotatable bonds is 19. The Morgan fingerprint density at radius 2 is 1.25 bits per heavy atom. The van der Waals surface area contributed by atoms with Crippen molar-refractivity contribution in [2.45, 2.75) is 104 Å². The fourth-order valence-electron chi connectivity index (χ4n) is 3.40. The zero-order valence-corrected chi connectivity index (χ0v) is 18.2. The maximum absolute atomic E-state index is 11.5. The first-order valence-electron chi connectivity index (χ1n) is 11.6. The molecule has 0 spiro atoms. The smallest absolute Gasteiger partial charge is 0.272 e. The molecule has 1 aromatic carbocycles. The Morgan fingerprint density at radius 3 is 1.82 bits per heavy atom. The summed E-state index contributed by atoms with van der Waals surface area (Å²) in [6, 6.07) is 0. The zero-order chi connectivity index (χ0) is 20.5.